The maximum Gasteiger partial charge on any atom is 0.337 e. The van der Waals surface area contributed by atoms with Gasteiger partial charge in [0.1, 0.15) is 0 Å². The highest BCUT2D eigenvalue weighted by Crippen LogP contribution is 2.27. The van der Waals surface area contributed by atoms with Crippen LogP contribution in [-0.4, -0.2) is 16.1 Å². The molecular formula is C13H13N3O2. The number of nitrogens with zero attached hydrogens (tertiary/aromatic N) is 1. The molecule has 0 atom stereocenters. The first-order valence-corrected chi connectivity index (χ1v) is 5.39. The number of carboxylic acids is 1. The van der Waals surface area contributed by atoms with E-state index >= 15 is 0 Å². The van der Waals surface area contributed by atoms with Gasteiger partial charge in [0.05, 0.1) is 28.8 Å². The molecule has 0 amide bonds. The molecule has 0 bridgehead atoms. The van der Waals surface area contributed by atoms with Crippen molar-refractivity contribution < 1.29 is 9.90 Å². The Morgan fingerprint density at radius 2 is 2.11 bits per heavy atom. The van der Waals surface area contributed by atoms with Crippen LogP contribution in [0.1, 0.15) is 16.1 Å². The van der Waals surface area contributed by atoms with Gasteiger partial charge in [-0.15, -0.1) is 0 Å². The third-order valence-electron chi connectivity index (χ3n) is 2.51. The molecule has 4 N–H and O–H groups in total. The van der Waals surface area contributed by atoms with Crippen molar-refractivity contribution in [1.29, 1.82) is 0 Å². The number of pyridine rings is 1. The molecule has 0 aliphatic heterocycles. The van der Waals surface area contributed by atoms with Crippen LogP contribution >= 0.6 is 0 Å². The molecule has 18 heavy (non-hydrogen) atoms. The lowest BCUT2D eigenvalue weighted by Crippen LogP contribution is -2.05. The van der Waals surface area contributed by atoms with Gasteiger partial charge in [-0.25, -0.2) is 4.79 Å². The predicted octanol–water partition coefficient (Wildman–Crippen LogP) is 2.41. The van der Waals surface area contributed by atoms with Crippen molar-refractivity contribution in [2.24, 2.45) is 0 Å². The monoisotopic (exact) mass is 243 g/mol. The number of carboxylic acid groups (broad SMARTS) is 1. The zero-order valence-corrected chi connectivity index (χ0v) is 9.84. The van der Waals surface area contributed by atoms with Gasteiger partial charge >= 0.3 is 5.97 Å². The second-order valence-corrected chi connectivity index (χ2v) is 3.89. The van der Waals surface area contributed by atoms with E-state index in [0.29, 0.717) is 17.1 Å². The van der Waals surface area contributed by atoms with Crippen LogP contribution in [-0.2, 0) is 0 Å². The van der Waals surface area contributed by atoms with Crippen molar-refractivity contribution in [3.63, 3.8) is 0 Å². The van der Waals surface area contributed by atoms with E-state index in [1.165, 1.54) is 6.07 Å². The van der Waals surface area contributed by atoms with E-state index in [2.05, 4.69) is 10.3 Å². The molecule has 0 aliphatic carbocycles. The number of hydrogen-bond donors (Lipinski definition) is 3. The number of hydrogen-bond acceptors (Lipinski definition) is 4. The number of nitrogen functional groups attached to an aromatic ring is 1. The van der Waals surface area contributed by atoms with Gasteiger partial charge in [-0.3, -0.25) is 4.98 Å². The number of carbonyl (C=O) groups is 1. The summed E-state index contributed by atoms with van der Waals surface area (Å²) < 4.78 is 0. The largest absolute Gasteiger partial charge is 0.478 e. The Morgan fingerprint density at radius 1 is 1.33 bits per heavy atom. The summed E-state index contributed by atoms with van der Waals surface area (Å²) >= 11 is 0. The normalized spacial score (nSPS) is 10.1. The molecule has 0 saturated heterocycles. The molecule has 0 fully saturated rings. The number of aromatic nitrogens is 1. The molecule has 0 unspecified atom stereocenters. The number of benzene rings is 1. The SMILES string of the molecule is Cc1ccc(Nc2c(N)cccc2C(=O)O)cn1. The predicted molar refractivity (Wildman–Crippen MR) is 70.1 cm³/mol. The summed E-state index contributed by atoms with van der Waals surface area (Å²) in [4.78, 5) is 15.2. The van der Waals surface area contributed by atoms with Crippen LogP contribution in [0.25, 0.3) is 0 Å². The second kappa shape index (κ2) is 4.75. The summed E-state index contributed by atoms with van der Waals surface area (Å²) in [5.74, 6) is -1.02. The summed E-state index contributed by atoms with van der Waals surface area (Å²) in [6, 6.07) is 8.42. The second-order valence-electron chi connectivity index (χ2n) is 3.89. The molecule has 0 radical (unpaired) electrons. The highest BCUT2D eigenvalue weighted by Gasteiger charge is 2.12. The Balaban J connectivity index is 2.39. The topological polar surface area (TPSA) is 88.2 Å². The van der Waals surface area contributed by atoms with E-state index < -0.39 is 5.97 Å². The fourth-order valence-corrected chi connectivity index (χ4v) is 1.57. The highest BCUT2D eigenvalue weighted by atomic mass is 16.4. The first-order valence-electron chi connectivity index (χ1n) is 5.39. The zero-order chi connectivity index (χ0) is 13.1. The molecule has 2 rings (SSSR count). The van der Waals surface area contributed by atoms with Crippen molar-refractivity contribution >= 4 is 23.0 Å². The van der Waals surface area contributed by atoms with Gasteiger partial charge in [-0.05, 0) is 31.2 Å². The minimum atomic E-state index is -1.02. The Kier molecular flexibility index (Phi) is 3.14. The lowest BCUT2D eigenvalue weighted by atomic mass is 10.1. The number of aromatic carboxylic acids is 1. The van der Waals surface area contributed by atoms with Crippen molar-refractivity contribution in [3.05, 3.63) is 47.8 Å². The number of aryl methyl sites for hydroxylation is 1. The quantitative estimate of drug-likeness (QED) is 0.720. The van der Waals surface area contributed by atoms with E-state index in [9.17, 15) is 4.79 Å². The first kappa shape index (κ1) is 11.9. The van der Waals surface area contributed by atoms with Crippen molar-refractivity contribution in [1.82, 2.24) is 4.98 Å². The minimum absolute atomic E-state index is 0.135. The number of nitrogens with two attached hydrogens (primary N) is 1. The number of anilines is 3. The number of nitrogens with one attached hydrogen (secondary N) is 1. The van der Waals surface area contributed by atoms with Crippen LogP contribution in [0.15, 0.2) is 36.5 Å². The van der Waals surface area contributed by atoms with Gasteiger partial charge in [0.15, 0.2) is 0 Å². The van der Waals surface area contributed by atoms with Crippen LogP contribution in [0, 0.1) is 6.92 Å². The van der Waals surface area contributed by atoms with Gasteiger partial charge in [0, 0.05) is 5.69 Å². The van der Waals surface area contributed by atoms with Crippen LogP contribution in [0.5, 0.6) is 0 Å². The lowest BCUT2D eigenvalue weighted by molar-refractivity contribution is 0.0698. The van der Waals surface area contributed by atoms with E-state index in [1.807, 2.05) is 19.1 Å². The lowest BCUT2D eigenvalue weighted by Gasteiger charge is -2.12. The van der Waals surface area contributed by atoms with Gasteiger partial charge < -0.3 is 16.2 Å². The maximum atomic E-state index is 11.1. The van der Waals surface area contributed by atoms with Crippen LogP contribution in [0.2, 0.25) is 0 Å². The molecule has 5 nitrogen and oxygen atoms in total. The van der Waals surface area contributed by atoms with Gasteiger partial charge in [-0.2, -0.15) is 0 Å². The highest BCUT2D eigenvalue weighted by molar-refractivity contribution is 5.98. The Morgan fingerprint density at radius 3 is 2.72 bits per heavy atom. The molecule has 92 valence electrons. The third kappa shape index (κ3) is 2.40. The molecule has 2 aromatic rings. The summed E-state index contributed by atoms with van der Waals surface area (Å²) in [5.41, 5.74) is 8.28. The van der Waals surface area contributed by atoms with Crippen molar-refractivity contribution in [3.8, 4) is 0 Å². The fourth-order valence-electron chi connectivity index (χ4n) is 1.57. The summed E-state index contributed by atoms with van der Waals surface area (Å²) in [5, 5.41) is 12.1. The Labute approximate surface area is 104 Å². The Hall–Kier alpha value is -2.56. The van der Waals surface area contributed by atoms with E-state index in [-0.39, 0.29) is 5.56 Å². The third-order valence-corrected chi connectivity index (χ3v) is 2.51. The molecule has 1 aromatic carbocycles. The van der Waals surface area contributed by atoms with Gasteiger partial charge in [0.25, 0.3) is 0 Å². The smallest absolute Gasteiger partial charge is 0.337 e. The summed E-state index contributed by atoms with van der Waals surface area (Å²) in [7, 11) is 0. The number of para-hydroxylation sites is 1. The van der Waals surface area contributed by atoms with Gasteiger partial charge in [0.2, 0.25) is 0 Å². The van der Waals surface area contributed by atoms with Crippen LogP contribution in [0.4, 0.5) is 17.1 Å². The number of rotatable bonds is 3. The molecule has 0 aliphatic rings. The van der Waals surface area contributed by atoms with Crippen LogP contribution in [0.3, 0.4) is 0 Å². The Bertz CT molecular complexity index is 579. The molecule has 1 heterocycles. The minimum Gasteiger partial charge on any atom is -0.478 e. The molecule has 1 aromatic heterocycles. The van der Waals surface area contributed by atoms with E-state index in [4.69, 9.17) is 10.8 Å². The summed E-state index contributed by atoms with van der Waals surface area (Å²) in [6.45, 7) is 1.88. The molecular weight excluding hydrogens is 230 g/mol. The van der Waals surface area contributed by atoms with Gasteiger partial charge in [-0.1, -0.05) is 6.07 Å². The average Bonchev–Trinajstić information content (AvgIpc) is 2.34. The average molecular weight is 243 g/mol. The standard InChI is InChI=1S/C13H13N3O2/c1-8-5-6-9(7-15-8)16-12-10(13(17)18)3-2-4-11(12)14/h2-7,16H,14H2,1H3,(H,17,18). The van der Waals surface area contributed by atoms with Crippen molar-refractivity contribution in [2.45, 2.75) is 6.92 Å². The van der Waals surface area contributed by atoms with E-state index in [0.717, 1.165) is 5.69 Å². The fraction of sp³-hybridized carbons (Fsp3) is 0.0769. The molecule has 0 spiro atoms. The van der Waals surface area contributed by atoms with Crippen molar-refractivity contribution in [2.75, 3.05) is 11.1 Å². The maximum absolute atomic E-state index is 11.1. The summed E-state index contributed by atoms with van der Waals surface area (Å²) in [6.07, 6.45) is 1.63. The van der Waals surface area contributed by atoms with Crippen LogP contribution < -0.4 is 11.1 Å². The molecule has 5 heteroatoms. The molecule has 0 saturated carbocycles. The first-order chi connectivity index (χ1) is 8.58. The van der Waals surface area contributed by atoms with E-state index in [1.54, 1.807) is 18.3 Å². The zero-order valence-electron chi connectivity index (χ0n) is 9.84.